The predicted molar refractivity (Wildman–Crippen MR) is 114 cm³/mol. The quantitative estimate of drug-likeness (QED) is 0.574. The number of carbonyl (C=O) groups excluding carboxylic acids is 2. The van der Waals surface area contributed by atoms with E-state index in [1.807, 2.05) is 0 Å². The first-order valence-corrected chi connectivity index (χ1v) is 11.0. The van der Waals surface area contributed by atoms with Gasteiger partial charge in [-0.1, -0.05) is 30.9 Å². The lowest BCUT2D eigenvalue weighted by Gasteiger charge is -2.34. The van der Waals surface area contributed by atoms with Crippen LogP contribution in [-0.2, 0) is 16.1 Å². The molecule has 168 valence electrons. The normalized spacial score (nSPS) is 20.6. The topological polar surface area (TPSA) is 115 Å². The van der Waals surface area contributed by atoms with E-state index in [1.54, 1.807) is 21.9 Å². The van der Waals surface area contributed by atoms with Crippen molar-refractivity contribution in [3.63, 3.8) is 0 Å². The molecule has 3 aliphatic rings. The van der Waals surface area contributed by atoms with Crippen molar-refractivity contribution in [2.75, 3.05) is 26.4 Å². The van der Waals surface area contributed by atoms with Crippen molar-refractivity contribution in [1.29, 1.82) is 0 Å². The molecule has 3 N–H and O–H groups in total. The molecule has 0 bridgehead atoms. The highest BCUT2D eigenvalue weighted by Crippen LogP contribution is 2.38. The number of guanidine groups is 1. The van der Waals surface area contributed by atoms with Crippen LogP contribution in [0.4, 0.5) is 5.69 Å². The molecule has 31 heavy (non-hydrogen) atoms. The highest BCUT2D eigenvalue weighted by Gasteiger charge is 2.39. The summed E-state index contributed by atoms with van der Waals surface area (Å²) in [4.78, 5) is 32.6. The molecule has 2 fully saturated rings. The van der Waals surface area contributed by atoms with E-state index in [-0.39, 0.29) is 37.7 Å². The average molecular weight is 451 g/mol. The van der Waals surface area contributed by atoms with Crippen LogP contribution in [-0.4, -0.2) is 76.2 Å². The molecule has 2 amide bonds. The zero-order valence-corrected chi connectivity index (χ0v) is 18.0. The Morgan fingerprint density at radius 2 is 2.06 bits per heavy atom. The number of rotatable bonds is 7. The van der Waals surface area contributed by atoms with Crippen LogP contribution in [0.1, 0.15) is 37.7 Å². The van der Waals surface area contributed by atoms with Gasteiger partial charge >= 0.3 is 0 Å². The summed E-state index contributed by atoms with van der Waals surface area (Å²) in [7, 11) is 0. The van der Waals surface area contributed by atoms with Crippen LogP contribution >= 0.6 is 11.6 Å². The molecular formula is C21H27ClN4O5. The van der Waals surface area contributed by atoms with E-state index in [4.69, 9.17) is 16.3 Å². The van der Waals surface area contributed by atoms with Gasteiger partial charge in [0.25, 0.3) is 11.8 Å². The van der Waals surface area contributed by atoms with Crippen molar-refractivity contribution in [1.82, 2.24) is 15.1 Å². The second kappa shape index (κ2) is 9.42. The van der Waals surface area contributed by atoms with Crippen LogP contribution in [0.15, 0.2) is 17.1 Å². The Hall–Kier alpha value is -2.36. The number of aliphatic hydroxyl groups is 2. The molecule has 1 aromatic carbocycles. The van der Waals surface area contributed by atoms with Gasteiger partial charge in [0.15, 0.2) is 6.61 Å². The maximum absolute atomic E-state index is 12.8. The second-order valence-electron chi connectivity index (χ2n) is 8.06. The highest BCUT2D eigenvalue weighted by atomic mass is 35.5. The number of carbonyl (C=O) groups is 2. The number of hydrogen-bond donors (Lipinski definition) is 3. The Labute approximate surface area is 185 Å². The minimum atomic E-state index is -0.695. The first kappa shape index (κ1) is 21.9. The van der Waals surface area contributed by atoms with Crippen LogP contribution in [0.3, 0.4) is 0 Å². The van der Waals surface area contributed by atoms with E-state index in [1.165, 1.54) is 6.42 Å². The maximum atomic E-state index is 12.8. The van der Waals surface area contributed by atoms with Gasteiger partial charge < -0.3 is 24.7 Å². The van der Waals surface area contributed by atoms with Gasteiger partial charge in [-0.05, 0) is 18.9 Å². The molecule has 1 aliphatic carbocycles. The number of hydrogen-bond acceptors (Lipinski definition) is 7. The Kier molecular flexibility index (Phi) is 6.64. The molecule has 1 saturated heterocycles. The highest BCUT2D eigenvalue weighted by molar-refractivity contribution is 6.33. The van der Waals surface area contributed by atoms with Gasteiger partial charge in [0.05, 0.1) is 23.9 Å². The van der Waals surface area contributed by atoms with Gasteiger partial charge in [-0.25, -0.2) is 4.99 Å². The number of fused-ring (bicyclic) bond motifs is 2. The fraction of sp³-hybridized carbons (Fsp3) is 0.571. The van der Waals surface area contributed by atoms with E-state index in [9.17, 15) is 19.8 Å². The Morgan fingerprint density at radius 3 is 2.77 bits per heavy atom. The summed E-state index contributed by atoms with van der Waals surface area (Å²) in [5, 5.41) is 21.9. The molecule has 1 aromatic rings. The van der Waals surface area contributed by atoms with Gasteiger partial charge in [-0.3, -0.25) is 14.9 Å². The van der Waals surface area contributed by atoms with E-state index in [2.05, 4.69) is 10.3 Å². The third-order valence-corrected chi connectivity index (χ3v) is 6.36. The van der Waals surface area contributed by atoms with E-state index < -0.39 is 6.04 Å². The van der Waals surface area contributed by atoms with Gasteiger partial charge in [0.2, 0.25) is 5.96 Å². The van der Waals surface area contributed by atoms with Crippen molar-refractivity contribution in [2.45, 2.75) is 50.7 Å². The van der Waals surface area contributed by atoms with Crippen LogP contribution < -0.4 is 10.1 Å². The number of halogens is 1. The molecule has 1 saturated carbocycles. The first-order chi connectivity index (χ1) is 15.0. The summed E-state index contributed by atoms with van der Waals surface area (Å²) in [5.41, 5.74) is 1.28. The molecular weight excluding hydrogens is 424 g/mol. The molecule has 1 atom stereocenters. The molecule has 10 heteroatoms. The lowest BCUT2D eigenvalue weighted by atomic mass is 9.94. The molecule has 4 rings (SSSR count). The van der Waals surface area contributed by atoms with Crippen molar-refractivity contribution < 1.29 is 24.5 Å². The zero-order chi connectivity index (χ0) is 22.0. The second-order valence-corrected chi connectivity index (χ2v) is 8.46. The fourth-order valence-corrected chi connectivity index (χ4v) is 4.77. The number of ether oxygens (including phenoxy) is 1. The molecule has 0 radical (unpaired) electrons. The Morgan fingerprint density at radius 1 is 1.29 bits per heavy atom. The number of aliphatic hydroxyl groups excluding tert-OH is 2. The molecule has 0 aromatic heterocycles. The molecule has 2 aliphatic heterocycles. The van der Waals surface area contributed by atoms with Crippen molar-refractivity contribution in [2.24, 2.45) is 4.99 Å². The van der Waals surface area contributed by atoms with Crippen molar-refractivity contribution in [3.8, 4) is 5.75 Å². The lowest BCUT2D eigenvalue weighted by Crippen LogP contribution is -2.45. The van der Waals surface area contributed by atoms with E-state index in [0.29, 0.717) is 35.5 Å². The summed E-state index contributed by atoms with van der Waals surface area (Å²) in [6.07, 6.45) is 5.26. The smallest absolute Gasteiger partial charge is 0.260 e. The van der Waals surface area contributed by atoms with Crippen LogP contribution in [0.25, 0.3) is 0 Å². The SMILES string of the molecule is O=C1NC2=Nc3c(Cl)cc(OCC(=O)N(CCO)C4CCCCC4)cc3CN2C1CO. The zero-order valence-electron chi connectivity index (χ0n) is 17.2. The maximum Gasteiger partial charge on any atom is 0.260 e. The molecule has 9 nitrogen and oxygen atoms in total. The Balaban J connectivity index is 1.46. The van der Waals surface area contributed by atoms with Gasteiger partial charge in [0.1, 0.15) is 11.8 Å². The molecule has 0 spiro atoms. The minimum Gasteiger partial charge on any atom is -0.484 e. The number of benzene rings is 1. The summed E-state index contributed by atoms with van der Waals surface area (Å²) in [6.45, 7) is 0.0844. The number of nitrogens with one attached hydrogen (secondary N) is 1. The third-order valence-electron chi connectivity index (χ3n) is 6.07. The number of aliphatic imine (C=N–C) groups is 1. The van der Waals surface area contributed by atoms with E-state index in [0.717, 1.165) is 31.2 Å². The third kappa shape index (κ3) is 4.49. The monoisotopic (exact) mass is 450 g/mol. The number of amides is 2. The number of nitrogens with zero attached hydrogens (tertiary/aromatic N) is 3. The fourth-order valence-electron chi connectivity index (χ4n) is 4.50. The standard InChI is InChI=1S/C21H27ClN4O5/c22-16-9-15(31-12-18(29)25(6-7-27)14-4-2-1-3-5-14)8-13-10-26-17(11-28)20(30)24-21(26)23-19(13)16/h8-9,14,17,27-28H,1-7,10-12H2,(H,23,24,30). The van der Waals surface area contributed by atoms with Gasteiger partial charge in [-0.15, -0.1) is 0 Å². The van der Waals surface area contributed by atoms with Gasteiger partial charge in [-0.2, -0.15) is 0 Å². The lowest BCUT2D eigenvalue weighted by molar-refractivity contribution is -0.137. The predicted octanol–water partition coefficient (Wildman–Crippen LogP) is 1.17. The summed E-state index contributed by atoms with van der Waals surface area (Å²) in [5.74, 6) is 0.334. The first-order valence-electron chi connectivity index (χ1n) is 10.6. The van der Waals surface area contributed by atoms with Crippen LogP contribution in [0, 0.1) is 0 Å². The molecule has 1 unspecified atom stereocenters. The van der Waals surface area contributed by atoms with E-state index >= 15 is 0 Å². The van der Waals surface area contributed by atoms with Crippen LogP contribution in [0.5, 0.6) is 5.75 Å². The van der Waals surface area contributed by atoms with Gasteiger partial charge in [0, 0.05) is 30.8 Å². The Bertz CT molecular complexity index is 887. The average Bonchev–Trinajstić information content (AvgIpc) is 3.09. The summed E-state index contributed by atoms with van der Waals surface area (Å²) >= 11 is 6.40. The largest absolute Gasteiger partial charge is 0.484 e. The molecule has 2 heterocycles. The summed E-state index contributed by atoms with van der Waals surface area (Å²) in [6, 6.07) is 2.81. The minimum absolute atomic E-state index is 0.0815. The van der Waals surface area contributed by atoms with Crippen LogP contribution in [0.2, 0.25) is 5.02 Å². The summed E-state index contributed by atoms with van der Waals surface area (Å²) < 4.78 is 5.76. The van der Waals surface area contributed by atoms with Crippen molar-refractivity contribution in [3.05, 3.63) is 22.7 Å². The van der Waals surface area contributed by atoms with Crippen molar-refractivity contribution >= 4 is 35.1 Å².